The summed E-state index contributed by atoms with van der Waals surface area (Å²) in [6.45, 7) is 4.26. The predicted octanol–water partition coefficient (Wildman–Crippen LogP) is 0.461. The number of carbonyl (C=O) groups is 2. The highest BCUT2D eigenvalue weighted by molar-refractivity contribution is 5.75. The Bertz CT molecular complexity index is 370. The lowest BCUT2D eigenvalue weighted by molar-refractivity contribution is -0.138. The molecule has 0 aliphatic carbocycles. The summed E-state index contributed by atoms with van der Waals surface area (Å²) in [5.74, 6) is -0.805. The van der Waals surface area contributed by atoms with Gasteiger partial charge in [-0.15, -0.1) is 0 Å². The summed E-state index contributed by atoms with van der Waals surface area (Å²) in [6.07, 6.45) is 5.88. The van der Waals surface area contributed by atoms with Crippen LogP contribution in [-0.2, 0) is 4.79 Å². The normalized spacial score (nSPS) is 21.3. The molecule has 0 spiro atoms. The van der Waals surface area contributed by atoms with Crippen molar-refractivity contribution in [3.63, 3.8) is 0 Å². The second kappa shape index (κ2) is 6.56. The molecular weight excluding hydrogens is 246 g/mol. The predicted molar refractivity (Wildman–Crippen MR) is 71.0 cm³/mol. The van der Waals surface area contributed by atoms with E-state index in [1.165, 1.54) is 0 Å². The van der Waals surface area contributed by atoms with E-state index in [0.717, 1.165) is 32.5 Å². The second-order valence-electron chi connectivity index (χ2n) is 5.00. The van der Waals surface area contributed by atoms with Gasteiger partial charge in [-0.05, 0) is 12.8 Å². The molecule has 0 aromatic heterocycles. The van der Waals surface area contributed by atoms with Gasteiger partial charge in [0.15, 0.2) is 0 Å². The van der Waals surface area contributed by atoms with Gasteiger partial charge < -0.3 is 14.9 Å². The summed E-state index contributed by atoms with van der Waals surface area (Å²) in [7, 11) is 0. The first-order valence-electron chi connectivity index (χ1n) is 6.80. The van der Waals surface area contributed by atoms with Gasteiger partial charge in [0.05, 0.1) is 6.54 Å². The SMILES string of the molecule is O=C(O)CN1CCCN(C(=O)N2CC=CCC2)CC1. The summed E-state index contributed by atoms with van der Waals surface area (Å²) in [5, 5.41) is 8.80. The second-order valence-corrected chi connectivity index (χ2v) is 5.00. The molecule has 6 heteroatoms. The Hall–Kier alpha value is -1.56. The molecule has 2 aliphatic rings. The van der Waals surface area contributed by atoms with Gasteiger partial charge in [0.1, 0.15) is 0 Å². The van der Waals surface area contributed by atoms with Gasteiger partial charge in [-0.2, -0.15) is 0 Å². The van der Waals surface area contributed by atoms with Crippen LogP contribution < -0.4 is 0 Å². The Labute approximate surface area is 113 Å². The molecule has 1 N–H and O–H groups in total. The van der Waals surface area contributed by atoms with E-state index in [4.69, 9.17) is 5.11 Å². The molecule has 0 aromatic carbocycles. The highest BCUT2D eigenvalue weighted by atomic mass is 16.4. The van der Waals surface area contributed by atoms with Crippen molar-refractivity contribution in [1.82, 2.24) is 14.7 Å². The van der Waals surface area contributed by atoms with Crippen LogP contribution in [0.3, 0.4) is 0 Å². The average molecular weight is 267 g/mol. The Morgan fingerprint density at radius 2 is 1.84 bits per heavy atom. The van der Waals surface area contributed by atoms with Gasteiger partial charge in [0.25, 0.3) is 0 Å². The molecule has 0 bridgehead atoms. The Kier molecular flexibility index (Phi) is 4.79. The van der Waals surface area contributed by atoms with Gasteiger partial charge >= 0.3 is 12.0 Å². The van der Waals surface area contributed by atoms with E-state index in [1.54, 1.807) is 0 Å². The smallest absolute Gasteiger partial charge is 0.320 e. The molecule has 0 radical (unpaired) electrons. The molecule has 106 valence electrons. The summed E-state index contributed by atoms with van der Waals surface area (Å²) < 4.78 is 0. The Morgan fingerprint density at radius 3 is 2.53 bits per heavy atom. The number of amides is 2. The first kappa shape index (κ1) is 13.9. The van der Waals surface area contributed by atoms with E-state index >= 15 is 0 Å². The maximum atomic E-state index is 12.3. The quantitative estimate of drug-likeness (QED) is 0.738. The van der Waals surface area contributed by atoms with Crippen LogP contribution in [-0.4, -0.2) is 77.6 Å². The average Bonchev–Trinajstić information content (AvgIpc) is 2.64. The molecule has 19 heavy (non-hydrogen) atoms. The van der Waals surface area contributed by atoms with Crippen molar-refractivity contribution in [3.8, 4) is 0 Å². The summed E-state index contributed by atoms with van der Waals surface area (Å²) in [6, 6.07) is 0.0847. The third-order valence-corrected chi connectivity index (χ3v) is 3.55. The summed E-state index contributed by atoms with van der Waals surface area (Å²) >= 11 is 0. The Morgan fingerprint density at radius 1 is 1.00 bits per heavy atom. The molecule has 1 fully saturated rings. The lowest BCUT2D eigenvalue weighted by atomic mass is 10.2. The largest absolute Gasteiger partial charge is 0.480 e. The van der Waals surface area contributed by atoms with Crippen LogP contribution in [0.1, 0.15) is 12.8 Å². The zero-order chi connectivity index (χ0) is 13.7. The zero-order valence-corrected chi connectivity index (χ0v) is 11.1. The highest BCUT2D eigenvalue weighted by Crippen LogP contribution is 2.09. The molecule has 0 aromatic rings. The number of urea groups is 1. The summed E-state index contributed by atoms with van der Waals surface area (Å²) in [4.78, 5) is 28.6. The molecule has 0 atom stereocenters. The number of aliphatic carboxylic acids is 1. The fourth-order valence-electron chi connectivity index (χ4n) is 2.53. The molecule has 0 saturated carbocycles. The van der Waals surface area contributed by atoms with E-state index < -0.39 is 5.97 Å². The molecule has 2 rings (SSSR count). The van der Waals surface area contributed by atoms with Crippen LogP contribution in [0.4, 0.5) is 4.79 Å². The molecule has 2 aliphatic heterocycles. The third-order valence-electron chi connectivity index (χ3n) is 3.55. The molecule has 0 unspecified atom stereocenters. The van der Waals surface area contributed by atoms with Gasteiger partial charge in [-0.3, -0.25) is 9.69 Å². The highest BCUT2D eigenvalue weighted by Gasteiger charge is 2.24. The van der Waals surface area contributed by atoms with Crippen molar-refractivity contribution in [3.05, 3.63) is 12.2 Å². The van der Waals surface area contributed by atoms with Crippen molar-refractivity contribution >= 4 is 12.0 Å². The number of hydrogen-bond donors (Lipinski definition) is 1. The minimum Gasteiger partial charge on any atom is -0.480 e. The van der Waals surface area contributed by atoms with Crippen molar-refractivity contribution < 1.29 is 14.7 Å². The number of carbonyl (C=O) groups excluding carboxylic acids is 1. The third kappa shape index (κ3) is 3.96. The number of carboxylic acid groups (broad SMARTS) is 1. The van der Waals surface area contributed by atoms with Gasteiger partial charge in [0, 0.05) is 39.3 Å². The number of nitrogens with zero attached hydrogens (tertiary/aromatic N) is 3. The van der Waals surface area contributed by atoms with E-state index in [9.17, 15) is 9.59 Å². The molecular formula is C13H21N3O3. The Balaban J connectivity index is 1.86. The van der Waals surface area contributed by atoms with Crippen LogP contribution in [0.5, 0.6) is 0 Å². The van der Waals surface area contributed by atoms with Crippen molar-refractivity contribution in [2.45, 2.75) is 12.8 Å². The minimum absolute atomic E-state index is 0.0640. The minimum atomic E-state index is -0.805. The van der Waals surface area contributed by atoms with E-state index in [-0.39, 0.29) is 12.6 Å². The maximum Gasteiger partial charge on any atom is 0.320 e. The van der Waals surface area contributed by atoms with Crippen molar-refractivity contribution in [2.24, 2.45) is 0 Å². The van der Waals surface area contributed by atoms with Gasteiger partial charge in [-0.1, -0.05) is 12.2 Å². The van der Waals surface area contributed by atoms with Gasteiger partial charge in [-0.25, -0.2) is 4.79 Å². The van der Waals surface area contributed by atoms with Crippen LogP contribution in [0, 0.1) is 0 Å². The fourth-order valence-corrected chi connectivity index (χ4v) is 2.53. The monoisotopic (exact) mass is 267 g/mol. The van der Waals surface area contributed by atoms with E-state index in [1.807, 2.05) is 20.8 Å². The van der Waals surface area contributed by atoms with Gasteiger partial charge in [0.2, 0.25) is 0 Å². The first-order chi connectivity index (χ1) is 9.16. The molecule has 2 amide bonds. The van der Waals surface area contributed by atoms with Crippen LogP contribution in [0.2, 0.25) is 0 Å². The topological polar surface area (TPSA) is 64.1 Å². The standard InChI is InChI=1S/C13H21N3O3/c17-12(18)11-14-5-4-8-16(10-9-14)13(19)15-6-2-1-3-7-15/h1-2H,3-11H2,(H,17,18). The fraction of sp³-hybridized carbons (Fsp3) is 0.692. The molecule has 1 saturated heterocycles. The lowest BCUT2D eigenvalue weighted by Crippen LogP contribution is -2.46. The number of rotatable bonds is 2. The number of carboxylic acids is 1. The zero-order valence-electron chi connectivity index (χ0n) is 11.1. The summed E-state index contributed by atoms with van der Waals surface area (Å²) in [5.41, 5.74) is 0. The van der Waals surface area contributed by atoms with Crippen LogP contribution in [0.15, 0.2) is 12.2 Å². The van der Waals surface area contributed by atoms with Crippen LogP contribution >= 0.6 is 0 Å². The maximum absolute atomic E-state index is 12.3. The molecule has 6 nitrogen and oxygen atoms in total. The first-order valence-corrected chi connectivity index (χ1v) is 6.80. The number of hydrogen-bond acceptors (Lipinski definition) is 3. The van der Waals surface area contributed by atoms with Crippen molar-refractivity contribution in [1.29, 1.82) is 0 Å². The van der Waals surface area contributed by atoms with Crippen molar-refractivity contribution in [2.75, 3.05) is 45.8 Å². The molecule has 2 heterocycles. The van der Waals surface area contributed by atoms with Crippen LogP contribution in [0.25, 0.3) is 0 Å². The van der Waals surface area contributed by atoms with E-state index in [2.05, 4.69) is 6.08 Å². The lowest BCUT2D eigenvalue weighted by Gasteiger charge is -2.30. The van der Waals surface area contributed by atoms with E-state index in [0.29, 0.717) is 19.6 Å².